The van der Waals surface area contributed by atoms with Crippen molar-refractivity contribution < 1.29 is 4.52 Å². The van der Waals surface area contributed by atoms with E-state index in [0.717, 1.165) is 18.7 Å². The third-order valence-corrected chi connectivity index (χ3v) is 3.44. The summed E-state index contributed by atoms with van der Waals surface area (Å²) in [7, 11) is 0. The Kier molecular flexibility index (Phi) is 4.56. The lowest BCUT2D eigenvalue weighted by Gasteiger charge is -2.18. The third kappa shape index (κ3) is 3.56. The first-order valence-corrected chi connectivity index (χ1v) is 7.34. The van der Waals surface area contributed by atoms with Crippen LogP contribution in [-0.4, -0.2) is 26.6 Å². The molecule has 0 saturated carbocycles. The van der Waals surface area contributed by atoms with Crippen LogP contribution in [0.5, 0.6) is 0 Å². The minimum atomic E-state index is 0.582. The molecule has 0 aliphatic carbocycles. The Morgan fingerprint density at radius 3 is 2.64 bits per heavy atom. The number of hydrogen-bond acceptors (Lipinski definition) is 5. The molecule has 0 radical (unpaired) electrons. The second-order valence-corrected chi connectivity index (χ2v) is 5.04. The van der Waals surface area contributed by atoms with Gasteiger partial charge in [0.1, 0.15) is 0 Å². The number of rotatable bonds is 6. The highest BCUT2D eigenvalue weighted by Gasteiger charge is 2.12. The zero-order chi connectivity index (χ0) is 15.2. The maximum atomic E-state index is 5.36. The van der Waals surface area contributed by atoms with Crippen LogP contribution in [0.1, 0.15) is 18.4 Å². The van der Waals surface area contributed by atoms with Crippen LogP contribution < -0.4 is 0 Å². The molecule has 0 bridgehead atoms. The molecular formula is C17H18N4O. The molecule has 22 heavy (non-hydrogen) atoms. The van der Waals surface area contributed by atoms with E-state index in [2.05, 4.69) is 51.2 Å². The molecule has 0 atom stereocenters. The van der Waals surface area contributed by atoms with E-state index in [9.17, 15) is 0 Å². The topological polar surface area (TPSA) is 55.1 Å². The zero-order valence-corrected chi connectivity index (χ0v) is 12.5. The average Bonchev–Trinajstić information content (AvgIpc) is 3.04. The fourth-order valence-electron chi connectivity index (χ4n) is 2.24. The number of benzene rings is 1. The summed E-state index contributed by atoms with van der Waals surface area (Å²) in [5.74, 6) is 1.20. The van der Waals surface area contributed by atoms with Crippen molar-refractivity contribution in [3.8, 4) is 11.4 Å². The van der Waals surface area contributed by atoms with Crippen LogP contribution >= 0.6 is 0 Å². The predicted molar refractivity (Wildman–Crippen MR) is 83.8 cm³/mol. The lowest BCUT2D eigenvalue weighted by atomic mass is 10.2. The molecule has 0 aliphatic heterocycles. The number of nitrogens with zero attached hydrogens (tertiary/aromatic N) is 4. The van der Waals surface area contributed by atoms with Gasteiger partial charge in [0, 0.05) is 24.5 Å². The molecule has 5 heteroatoms. The summed E-state index contributed by atoms with van der Waals surface area (Å²) in [4.78, 5) is 10.8. The monoisotopic (exact) mass is 294 g/mol. The highest BCUT2D eigenvalue weighted by molar-refractivity contribution is 5.51. The van der Waals surface area contributed by atoms with E-state index in [1.54, 1.807) is 12.4 Å². The van der Waals surface area contributed by atoms with Gasteiger partial charge in [-0.15, -0.1) is 0 Å². The quantitative estimate of drug-likeness (QED) is 0.699. The van der Waals surface area contributed by atoms with Gasteiger partial charge in [0.25, 0.3) is 0 Å². The summed E-state index contributed by atoms with van der Waals surface area (Å²) in [5.41, 5.74) is 2.14. The van der Waals surface area contributed by atoms with E-state index in [1.165, 1.54) is 5.56 Å². The first-order chi connectivity index (χ1) is 10.8. The Morgan fingerprint density at radius 1 is 1.05 bits per heavy atom. The Bertz CT molecular complexity index is 697. The van der Waals surface area contributed by atoms with Crippen molar-refractivity contribution in [2.75, 3.05) is 6.54 Å². The van der Waals surface area contributed by atoms with Gasteiger partial charge in [-0.2, -0.15) is 4.98 Å². The first-order valence-electron chi connectivity index (χ1n) is 7.34. The number of pyridine rings is 1. The molecule has 0 unspecified atom stereocenters. The molecule has 5 nitrogen and oxygen atoms in total. The van der Waals surface area contributed by atoms with Crippen molar-refractivity contribution in [3.05, 3.63) is 66.3 Å². The average molecular weight is 294 g/mol. The second kappa shape index (κ2) is 6.95. The molecule has 0 fully saturated rings. The van der Waals surface area contributed by atoms with Gasteiger partial charge in [-0.25, -0.2) is 0 Å². The van der Waals surface area contributed by atoms with E-state index < -0.39 is 0 Å². The van der Waals surface area contributed by atoms with Crippen LogP contribution in [0.2, 0.25) is 0 Å². The molecule has 2 heterocycles. The van der Waals surface area contributed by atoms with Gasteiger partial charge in [0.2, 0.25) is 11.7 Å². The van der Waals surface area contributed by atoms with Crippen molar-refractivity contribution in [3.63, 3.8) is 0 Å². The third-order valence-electron chi connectivity index (χ3n) is 3.44. The predicted octanol–water partition coefficient (Wildman–Crippen LogP) is 3.15. The van der Waals surface area contributed by atoms with Gasteiger partial charge in [0.05, 0.1) is 6.54 Å². The van der Waals surface area contributed by atoms with Gasteiger partial charge in [-0.3, -0.25) is 9.88 Å². The van der Waals surface area contributed by atoms with E-state index >= 15 is 0 Å². The summed E-state index contributed by atoms with van der Waals surface area (Å²) in [6.45, 7) is 4.54. The largest absolute Gasteiger partial charge is 0.338 e. The lowest BCUT2D eigenvalue weighted by molar-refractivity contribution is 0.229. The van der Waals surface area contributed by atoms with Crippen molar-refractivity contribution >= 4 is 0 Å². The standard InChI is InChI=1S/C17H18N4O/c1-2-21(12-14-7-4-3-5-8-14)13-16-19-17(20-22-16)15-9-6-10-18-11-15/h3-11H,2,12-13H2,1H3. The Hall–Kier alpha value is -2.53. The van der Waals surface area contributed by atoms with Crippen LogP contribution in [0, 0.1) is 0 Å². The molecule has 0 spiro atoms. The highest BCUT2D eigenvalue weighted by Crippen LogP contribution is 2.15. The molecule has 1 aromatic carbocycles. The zero-order valence-electron chi connectivity index (χ0n) is 12.5. The van der Waals surface area contributed by atoms with E-state index in [4.69, 9.17) is 4.52 Å². The van der Waals surface area contributed by atoms with E-state index in [1.807, 2.05) is 18.2 Å². The van der Waals surface area contributed by atoms with Crippen molar-refractivity contribution in [2.45, 2.75) is 20.0 Å². The van der Waals surface area contributed by atoms with E-state index in [0.29, 0.717) is 18.3 Å². The molecule has 0 saturated heterocycles. The molecule has 2 aromatic heterocycles. The lowest BCUT2D eigenvalue weighted by Crippen LogP contribution is -2.22. The van der Waals surface area contributed by atoms with Crippen LogP contribution in [0.3, 0.4) is 0 Å². The summed E-state index contributed by atoms with van der Waals surface area (Å²) < 4.78 is 5.36. The van der Waals surface area contributed by atoms with Crippen LogP contribution in [0.4, 0.5) is 0 Å². The fourth-order valence-corrected chi connectivity index (χ4v) is 2.24. The van der Waals surface area contributed by atoms with Gasteiger partial charge in [-0.05, 0) is 24.2 Å². The maximum Gasteiger partial charge on any atom is 0.241 e. The molecule has 0 N–H and O–H groups in total. The Morgan fingerprint density at radius 2 is 1.91 bits per heavy atom. The second-order valence-electron chi connectivity index (χ2n) is 5.04. The maximum absolute atomic E-state index is 5.36. The SMILES string of the molecule is CCN(Cc1ccccc1)Cc1nc(-c2cccnc2)no1. The molecule has 3 aromatic rings. The smallest absolute Gasteiger partial charge is 0.241 e. The van der Waals surface area contributed by atoms with Crippen LogP contribution in [0.25, 0.3) is 11.4 Å². The van der Waals surface area contributed by atoms with Crippen LogP contribution in [-0.2, 0) is 13.1 Å². The molecular weight excluding hydrogens is 276 g/mol. The molecule has 3 rings (SSSR count). The normalized spacial score (nSPS) is 11.0. The molecule has 112 valence electrons. The van der Waals surface area contributed by atoms with Crippen molar-refractivity contribution in [1.29, 1.82) is 0 Å². The molecule has 0 amide bonds. The first kappa shape index (κ1) is 14.4. The van der Waals surface area contributed by atoms with Gasteiger partial charge >= 0.3 is 0 Å². The van der Waals surface area contributed by atoms with Crippen molar-refractivity contribution in [1.82, 2.24) is 20.0 Å². The van der Waals surface area contributed by atoms with Gasteiger partial charge in [0.15, 0.2) is 0 Å². The minimum absolute atomic E-state index is 0.582. The summed E-state index contributed by atoms with van der Waals surface area (Å²) in [6, 6.07) is 14.2. The summed E-state index contributed by atoms with van der Waals surface area (Å²) >= 11 is 0. The van der Waals surface area contributed by atoms with Gasteiger partial charge < -0.3 is 4.52 Å². The number of hydrogen-bond donors (Lipinski definition) is 0. The van der Waals surface area contributed by atoms with E-state index in [-0.39, 0.29) is 0 Å². The summed E-state index contributed by atoms with van der Waals surface area (Å²) in [5, 5.41) is 4.03. The number of aromatic nitrogens is 3. The Balaban J connectivity index is 1.68. The Labute approximate surface area is 129 Å². The van der Waals surface area contributed by atoms with Crippen LogP contribution in [0.15, 0.2) is 59.4 Å². The van der Waals surface area contributed by atoms with Crippen molar-refractivity contribution in [2.24, 2.45) is 0 Å². The van der Waals surface area contributed by atoms with Gasteiger partial charge in [-0.1, -0.05) is 42.4 Å². The minimum Gasteiger partial charge on any atom is -0.338 e. The fraction of sp³-hybridized carbons (Fsp3) is 0.235. The molecule has 0 aliphatic rings. The summed E-state index contributed by atoms with van der Waals surface area (Å²) in [6.07, 6.45) is 3.46. The highest BCUT2D eigenvalue weighted by atomic mass is 16.5.